The van der Waals surface area contributed by atoms with Gasteiger partial charge in [0.25, 0.3) is 0 Å². The summed E-state index contributed by atoms with van der Waals surface area (Å²) >= 11 is 0. The first-order valence-electron chi connectivity index (χ1n) is 7.78. The Morgan fingerprint density at radius 3 is 2.73 bits per heavy atom. The molecular formula is C18H13FN6O. The highest BCUT2D eigenvalue weighted by molar-refractivity contribution is 5.99. The second-order valence-electron chi connectivity index (χ2n) is 5.49. The van der Waals surface area contributed by atoms with Gasteiger partial charge < -0.3 is 10.6 Å². The van der Waals surface area contributed by atoms with Gasteiger partial charge >= 0.3 is 6.03 Å². The first-order valence-corrected chi connectivity index (χ1v) is 7.78. The van der Waals surface area contributed by atoms with Crippen molar-refractivity contribution in [3.8, 4) is 11.4 Å². The summed E-state index contributed by atoms with van der Waals surface area (Å²) in [6.45, 7) is 0. The Morgan fingerprint density at radius 1 is 1.04 bits per heavy atom. The zero-order chi connectivity index (χ0) is 17.9. The summed E-state index contributed by atoms with van der Waals surface area (Å²) in [6.07, 6.45) is 5.01. The molecule has 0 spiro atoms. The van der Waals surface area contributed by atoms with Crippen LogP contribution >= 0.6 is 0 Å². The quantitative estimate of drug-likeness (QED) is 0.593. The molecule has 0 aliphatic rings. The van der Waals surface area contributed by atoms with E-state index in [2.05, 4.69) is 25.7 Å². The van der Waals surface area contributed by atoms with Crippen LogP contribution in [0.15, 0.2) is 67.1 Å². The third-order valence-electron chi connectivity index (χ3n) is 3.59. The molecule has 2 amide bonds. The molecule has 0 radical (unpaired) electrons. The number of hydrogen-bond donors (Lipinski definition) is 2. The van der Waals surface area contributed by atoms with E-state index in [1.807, 2.05) is 12.1 Å². The van der Waals surface area contributed by atoms with Gasteiger partial charge in [0.2, 0.25) is 0 Å². The van der Waals surface area contributed by atoms with Crippen molar-refractivity contribution in [2.75, 3.05) is 10.6 Å². The molecular weight excluding hydrogens is 335 g/mol. The lowest BCUT2D eigenvalue weighted by Crippen LogP contribution is -2.19. The molecule has 8 heteroatoms. The fourth-order valence-corrected chi connectivity index (χ4v) is 2.43. The van der Waals surface area contributed by atoms with Crippen LogP contribution in [0, 0.1) is 5.82 Å². The lowest BCUT2D eigenvalue weighted by molar-refractivity contribution is 0.262. The topological polar surface area (TPSA) is 84.2 Å². The highest BCUT2D eigenvalue weighted by atomic mass is 19.1. The van der Waals surface area contributed by atoms with Crippen LogP contribution in [0.4, 0.5) is 20.6 Å². The maximum absolute atomic E-state index is 13.2. The monoisotopic (exact) mass is 348 g/mol. The molecule has 0 saturated heterocycles. The summed E-state index contributed by atoms with van der Waals surface area (Å²) in [5.74, 6) is 0.120. The smallest absolute Gasteiger partial charge is 0.308 e. The number of rotatable bonds is 3. The number of fused-ring (bicyclic) bond motifs is 1. The number of hydrogen-bond acceptors (Lipinski definition) is 4. The van der Waals surface area contributed by atoms with Gasteiger partial charge in [0, 0.05) is 23.6 Å². The van der Waals surface area contributed by atoms with E-state index in [1.54, 1.807) is 41.3 Å². The van der Waals surface area contributed by atoms with Crippen LogP contribution in [0.2, 0.25) is 0 Å². The van der Waals surface area contributed by atoms with Crippen molar-refractivity contribution in [3.05, 3.63) is 72.9 Å². The molecule has 7 nitrogen and oxygen atoms in total. The molecule has 128 valence electrons. The molecule has 0 unspecified atom stereocenters. The number of aromatic nitrogens is 4. The molecule has 4 aromatic rings. The van der Waals surface area contributed by atoms with E-state index in [4.69, 9.17) is 0 Å². The molecule has 3 aromatic heterocycles. The largest absolute Gasteiger partial charge is 0.323 e. The van der Waals surface area contributed by atoms with E-state index in [-0.39, 0.29) is 0 Å². The third-order valence-corrected chi connectivity index (χ3v) is 3.59. The average Bonchev–Trinajstić information content (AvgIpc) is 3.06. The minimum atomic E-state index is -0.484. The van der Waals surface area contributed by atoms with Crippen molar-refractivity contribution in [1.29, 1.82) is 0 Å². The van der Waals surface area contributed by atoms with Crippen LogP contribution in [0.1, 0.15) is 0 Å². The summed E-state index contributed by atoms with van der Waals surface area (Å²) < 4.78 is 14.7. The Hall–Kier alpha value is -3.81. The van der Waals surface area contributed by atoms with E-state index >= 15 is 0 Å². The Kier molecular flexibility index (Phi) is 3.98. The molecule has 0 saturated carbocycles. The average molecular weight is 348 g/mol. The molecule has 0 atom stereocenters. The number of carbonyl (C=O) groups excluding carboxylic acids is 1. The van der Waals surface area contributed by atoms with E-state index in [0.717, 1.165) is 5.56 Å². The van der Waals surface area contributed by atoms with Crippen LogP contribution in [-0.2, 0) is 0 Å². The number of nitrogens with zero attached hydrogens (tertiary/aromatic N) is 4. The summed E-state index contributed by atoms with van der Waals surface area (Å²) in [4.78, 5) is 20.5. The van der Waals surface area contributed by atoms with Gasteiger partial charge in [-0.05, 0) is 42.5 Å². The van der Waals surface area contributed by atoms with Crippen molar-refractivity contribution in [2.24, 2.45) is 0 Å². The highest BCUT2D eigenvalue weighted by Crippen LogP contribution is 2.17. The minimum Gasteiger partial charge on any atom is -0.308 e. The fourth-order valence-electron chi connectivity index (χ4n) is 2.43. The Balaban J connectivity index is 1.53. The molecule has 0 aliphatic carbocycles. The van der Waals surface area contributed by atoms with E-state index in [1.165, 1.54) is 18.2 Å². The number of carbonyl (C=O) groups is 1. The predicted octanol–water partition coefficient (Wildman–Crippen LogP) is 3.57. The fraction of sp³-hybridized carbons (Fsp3) is 0. The van der Waals surface area contributed by atoms with E-state index in [9.17, 15) is 9.18 Å². The maximum atomic E-state index is 13.2. The number of benzene rings is 1. The molecule has 0 aliphatic heterocycles. The number of urea groups is 1. The predicted molar refractivity (Wildman–Crippen MR) is 95.3 cm³/mol. The molecule has 2 N–H and O–H groups in total. The van der Waals surface area contributed by atoms with Crippen molar-refractivity contribution in [2.45, 2.75) is 0 Å². The van der Waals surface area contributed by atoms with Crippen LogP contribution in [0.25, 0.3) is 17.0 Å². The highest BCUT2D eigenvalue weighted by Gasteiger charge is 2.08. The maximum Gasteiger partial charge on any atom is 0.323 e. The zero-order valence-electron chi connectivity index (χ0n) is 13.4. The lowest BCUT2D eigenvalue weighted by Gasteiger charge is -2.07. The van der Waals surface area contributed by atoms with Gasteiger partial charge in [-0.25, -0.2) is 18.7 Å². The van der Waals surface area contributed by atoms with E-state index in [0.29, 0.717) is 22.8 Å². The summed E-state index contributed by atoms with van der Waals surface area (Å²) in [6, 6.07) is 12.3. The molecule has 0 bridgehead atoms. The second kappa shape index (κ2) is 6.60. The number of anilines is 2. The van der Waals surface area contributed by atoms with Gasteiger partial charge in [-0.15, -0.1) is 5.10 Å². The molecule has 4 rings (SSSR count). The number of halogens is 1. The van der Waals surface area contributed by atoms with Crippen molar-refractivity contribution >= 4 is 23.1 Å². The zero-order valence-corrected chi connectivity index (χ0v) is 13.4. The van der Waals surface area contributed by atoms with Crippen molar-refractivity contribution in [1.82, 2.24) is 19.6 Å². The van der Waals surface area contributed by atoms with Gasteiger partial charge in [-0.1, -0.05) is 6.07 Å². The van der Waals surface area contributed by atoms with Crippen LogP contribution in [0.5, 0.6) is 0 Å². The van der Waals surface area contributed by atoms with Gasteiger partial charge in [-0.2, -0.15) is 0 Å². The standard InChI is InChI=1S/C18H13FN6O/c19-13-4-1-5-14(9-13)21-18(26)22-15-6-7-16-23-17(24-25(16)11-15)12-3-2-8-20-10-12/h1-11H,(H2,21,22,26). The van der Waals surface area contributed by atoms with Gasteiger partial charge in [0.1, 0.15) is 5.82 Å². The van der Waals surface area contributed by atoms with E-state index < -0.39 is 11.8 Å². The van der Waals surface area contributed by atoms with Crippen molar-refractivity contribution in [3.63, 3.8) is 0 Å². The Bertz CT molecular complexity index is 1080. The Labute approximate surface area is 147 Å². The van der Waals surface area contributed by atoms with Gasteiger partial charge in [0.15, 0.2) is 11.5 Å². The van der Waals surface area contributed by atoms with Crippen LogP contribution in [0.3, 0.4) is 0 Å². The van der Waals surface area contributed by atoms with Gasteiger partial charge in [-0.3, -0.25) is 4.98 Å². The molecule has 0 fully saturated rings. The normalized spacial score (nSPS) is 10.7. The van der Waals surface area contributed by atoms with Crippen LogP contribution in [-0.4, -0.2) is 25.6 Å². The SMILES string of the molecule is O=C(Nc1cccc(F)c1)Nc1ccc2nc(-c3cccnc3)nn2c1. The first kappa shape index (κ1) is 15.7. The van der Waals surface area contributed by atoms with Crippen LogP contribution < -0.4 is 10.6 Å². The first-order chi connectivity index (χ1) is 12.7. The Morgan fingerprint density at radius 2 is 1.92 bits per heavy atom. The number of nitrogens with one attached hydrogen (secondary N) is 2. The lowest BCUT2D eigenvalue weighted by atomic mass is 10.3. The summed E-state index contributed by atoms with van der Waals surface area (Å²) in [5.41, 5.74) is 2.33. The number of amides is 2. The summed E-state index contributed by atoms with van der Waals surface area (Å²) in [7, 11) is 0. The number of pyridine rings is 2. The molecule has 26 heavy (non-hydrogen) atoms. The minimum absolute atomic E-state index is 0.364. The van der Waals surface area contributed by atoms with Crippen molar-refractivity contribution < 1.29 is 9.18 Å². The summed E-state index contributed by atoms with van der Waals surface area (Å²) in [5, 5.41) is 9.64. The third kappa shape index (κ3) is 3.34. The molecule has 1 aromatic carbocycles. The second-order valence-corrected chi connectivity index (χ2v) is 5.49. The molecule has 3 heterocycles. The van der Waals surface area contributed by atoms with Gasteiger partial charge in [0.05, 0.1) is 11.9 Å².